The highest BCUT2D eigenvalue weighted by atomic mass is 19.4. The first kappa shape index (κ1) is 23.0. The van der Waals surface area contributed by atoms with Crippen LogP contribution in [0.25, 0.3) is 0 Å². The van der Waals surface area contributed by atoms with Crippen LogP contribution in [0, 0.1) is 5.92 Å². The molecule has 0 spiro atoms. The van der Waals surface area contributed by atoms with Gasteiger partial charge in [0.25, 0.3) is 5.95 Å². The summed E-state index contributed by atoms with van der Waals surface area (Å²) in [7, 11) is 0. The van der Waals surface area contributed by atoms with E-state index in [-0.39, 0.29) is 18.9 Å². The van der Waals surface area contributed by atoms with Crippen LogP contribution in [0.15, 0.2) is 6.20 Å². The zero-order valence-electron chi connectivity index (χ0n) is 16.2. The highest BCUT2D eigenvalue weighted by Gasteiger charge is 2.42. The van der Waals surface area contributed by atoms with Crippen LogP contribution in [-0.4, -0.2) is 67.2 Å². The standard InChI is InChI=1S/C15H22F3N9O4/c16-15(17,18)11-10(13(29)30)6-20-14(21-11)26(19)27-23-22-12-9(7-24(31)8-28)4-2-1-3-5-25(12)27/h6,8-9,12,22-23,31H,1-5,7,19H2,(H,29,30)/t9-,12?/m1/s1. The molecule has 1 amide bonds. The van der Waals surface area contributed by atoms with Crippen molar-refractivity contribution in [3.8, 4) is 0 Å². The first-order chi connectivity index (χ1) is 14.6. The van der Waals surface area contributed by atoms with E-state index in [1.165, 1.54) is 5.23 Å². The first-order valence-corrected chi connectivity index (χ1v) is 9.34. The molecule has 3 rings (SSSR count). The van der Waals surface area contributed by atoms with E-state index in [1.807, 2.05) is 0 Å². The molecule has 1 aromatic heterocycles. The molecule has 2 atom stereocenters. The van der Waals surface area contributed by atoms with Crippen LogP contribution in [0.1, 0.15) is 41.7 Å². The number of aromatic carboxylic acids is 1. The van der Waals surface area contributed by atoms with E-state index in [4.69, 9.17) is 10.9 Å². The molecule has 3 heterocycles. The molecule has 1 unspecified atom stereocenters. The summed E-state index contributed by atoms with van der Waals surface area (Å²) in [6.07, 6.45) is -1.52. The topological polar surface area (TPSA) is 163 Å². The van der Waals surface area contributed by atoms with Crippen molar-refractivity contribution < 1.29 is 33.1 Å². The number of anilines is 1. The number of hydrazine groups is 5. The van der Waals surface area contributed by atoms with E-state index in [0.29, 0.717) is 29.3 Å². The molecule has 0 aromatic carbocycles. The summed E-state index contributed by atoms with van der Waals surface area (Å²) >= 11 is 0. The van der Waals surface area contributed by atoms with Crippen LogP contribution in [0.3, 0.4) is 0 Å². The maximum Gasteiger partial charge on any atom is 0.434 e. The highest BCUT2D eigenvalue weighted by Crippen LogP contribution is 2.32. The fourth-order valence-corrected chi connectivity index (χ4v) is 3.58. The van der Waals surface area contributed by atoms with Gasteiger partial charge in [0.2, 0.25) is 6.41 Å². The summed E-state index contributed by atoms with van der Waals surface area (Å²) in [5.41, 5.74) is 2.92. The lowest BCUT2D eigenvalue weighted by Crippen LogP contribution is -2.60. The average molecular weight is 449 g/mol. The Bertz CT molecular complexity index is 814. The smallest absolute Gasteiger partial charge is 0.434 e. The van der Waals surface area contributed by atoms with E-state index in [1.54, 1.807) is 5.01 Å². The molecule has 0 bridgehead atoms. The van der Waals surface area contributed by atoms with Crippen molar-refractivity contribution >= 4 is 18.3 Å². The minimum atomic E-state index is -5.03. The lowest BCUT2D eigenvalue weighted by molar-refractivity contribution is -0.156. The van der Waals surface area contributed by atoms with Crippen LogP contribution in [0.4, 0.5) is 19.1 Å². The number of aromatic nitrogens is 2. The SMILES string of the molecule is NN(c1ncc(C(=O)O)c(C(F)(F)F)n1)N1NNC2[C@@H](CN(O)C=O)CCCCCN21. The number of hydrogen-bond acceptors (Lipinski definition) is 11. The molecule has 31 heavy (non-hydrogen) atoms. The van der Waals surface area contributed by atoms with Gasteiger partial charge in [0.15, 0.2) is 5.69 Å². The van der Waals surface area contributed by atoms with Crippen molar-refractivity contribution in [3.63, 3.8) is 0 Å². The number of nitrogens with one attached hydrogen (secondary N) is 2. The van der Waals surface area contributed by atoms with Crippen LogP contribution < -0.4 is 21.9 Å². The third-order valence-electron chi connectivity index (χ3n) is 5.01. The molecule has 6 N–H and O–H groups in total. The van der Waals surface area contributed by atoms with Crippen molar-refractivity contribution in [2.75, 3.05) is 18.2 Å². The number of hydrogen-bond donors (Lipinski definition) is 5. The number of carbonyl (C=O) groups is 2. The summed E-state index contributed by atoms with van der Waals surface area (Å²) in [6, 6.07) is 0. The number of alkyl halides is 3. The van der Waals surface area contributed by atoms with Crippen LogP contribution in [0.2, 0.25) is 0 Å². The average Bonchev–Trinajstić information content (AvgIpc) is 3.11. The summed E-state index contributed by atoms with van der Waals surface area (Å²) in [6.45, 7) is 0.473. The second kappa shape index (κ2) is 9.25. The normalized spacial score (nSPS) is 23.0. The Hall–Kier alpha value is -2.63. The Morgan fingerprint density at radius 3 is 2.77 bits per heavy atom. The largest absolute Gasteiger partial charge is 0.478 e. The number of fused-ring (bicyclic) bond motifs is 1. The maximum atomic E-state index is 13.3. The fraction of sp³-hybridized carbons (Fsp3) is 0.600. The molecule has 0 saturated carbocycles. The second-order valence-electron chi connectivity index (χ2n) is 7.07. The molecule has 0 aliphatic carbocycles. The van der Waals surface area contributed by atoms with E-state index in [2.05, 4.69) is 20.9 Å². The van der Waals surface area contributed by atoms with Gasteiger partial charge in [0.1, 0.15) is 5.56 Å². The zero-order chi connectivity index (χ0) is 22.8. The van der Waals surface area contributed by atoms with Crippen molar-refractivity contribution in [3.05, 3.63) is 17.5 Å². The number of nitrogens with zero attached hydrogens (tertiary/aromatic N) is 6. The molecule has 13 nitrogen and oxygen atoms in total. The number of carboxylic acids is 1. The molecular weight excluding hydrogens is 427 g/mol. The van der Waals surface area contributed by atoms with Gasteiger partial charge >= 0.3 is 12.1 Å². The highest BCUT2D eigenvalue weighted by molar-refractivity contribution is 5.88. The third kappa shape index (κ3) is 5.00. The van der Waals surface area contributed by atoms with E-state index in [0.717, 1.165) is 19.3 Å². The van der Waals surface area contributed by atoms with Gasteiger partial charge in [-0.25, -0.2) is 31.1 Å². The monoisotopic (exact) mass is 449 g/mol. The molecule has 2 aliphatic rings. The van der Waals surface area contributed by atoms with Gasteiger partial charge in [-0.05, 0) is 18.1 Å². The predicted octanol–water partition coefficient (Wildman–Crippen LogP) is -0.306. The Morgan fingerprint density at radius 2 is 2.13 bits per heavy atom. The Kier molecular flexibility index (Phi) is 6.87. The molecule has 172 valence electrons. The number of rotatable bonds is 6. The quantitative estimate of drug-likeness (QED) is 0.167. The molecular formula is C15H22F3N9O4. The first-order valence-electron chi connectivity index (χ1n) is 9.34. The molecule has 0 radical (unpaired) electrons. The number of amides is 1. The van der Waals surface area contributed by atoms with Gasteiger partial charge in [-0.3, -0.25) is 10.0 Å². The van der Waals surface area contributed by atoms with E-state index in [9.17, 15) is 28.0 Å². The van der Waals surface area contributed by atoms with E-state index >= 15 is 0 Å². The van der Waals surface area contributed by atoms with E-state index < -0.39 is 35.5 Å². The summed E-state index contributed by atoms with van der Waals surface area (Å²) in [5, 5.41) is 22.7. The number of carboxylic acid groups (broad SMARTS) is 1. The maximum absolute atomic E-state index is 13.3. The van der Waals surface area contributed by atoms with Crippen molar-refractivity contribution in [1.29, 1.82) is 0 Å². The molecule has 2 saturated heterocycles. The van der Waals surface area contributed by atoms with Crippen LogP contribution in [-0.2, 0) is 11.0 Å². The molecule has 16 heteroatoms. The fourth-order valence-electron chi connectivity index (χ4n) is 3.58. The summed E-state index contributed by atoms with van der Waals surface area (Å²) in [4.78, 5) is 28.9. The van der Waals surface area contributed by atoms with Crippen molar-refractivity contribution in [1.82, 2.24) is 36.2 Å². The minimum absolute atomic E-state index is 0.0276. The van der Waals surface area contributed by atoms with Gasteiger partial charge in [0, 0.05) is 18.7 Å². The van der Waals surface area contributed by atoms with Gasteiger partial charge in [-0.15, -0.1) is 0 Å². The van der Waals surface area contributed by atoms with Crippen molar-refractivity contribution in [2.45, 2.75) is 38.0 Å². The van der Waals surface area contributed by atoms with Gasteiger partial charge in [-0.1, -0.05) is 12.8 Å². The number of nitrogens with two attached hydrogens (primary N) is 1. The molecule has 2 aliphatic heterocycles. The molecule has 1 aromatic rings. The Balaban J connectivity index is 1.87. The predicted molar refractivity (Wildman–Crippen MR) is 95.8 cm³/mol. The lowest BCUT2D eigenvalue weighted by atomic mass is 9.95. The van der Waals surface area contributed by atoms with Gasteiger partial charge < -0.3 is 5.11 Å². The number of hydroxylamine groups is 2. The van der Waals surface area contributed by atoms with Crippen molar-refractivity contribution in [2.24, 2.45) is 11.8 Å². The number of carbonyl (C=O) groups excluding carboxylic acids is 1. The minimum Gasteiger partial charge on any atom is -0.478 e. The Morgan fingerprint density at radius 1 is 1.39 bits per heavy atom. The third-order valence-corrected chi connectivity index (χ3v) is 5.01. The van der Waals surface area contributed by atoms with Crippen LogP contribution in [0.5, 0.6) is 0 Å². The summed E-state index contributed by atoms with van der Waals surface area (Å²) in [5.74, 6) is 3.32. The van der Waals surface area contributed by atoms with Gasteiger partial charge in [-0.2, -0.15) is 28.8 Å². The zero-order valence-corrected chi connectivity index (χ0v) is 16.2. The lowest BCUT2D eigenvalue weighted by Gasteiger charge is -2.38. The summed E-state index contributed by atoms with van der Waals surface area (Å²) < 4.78 is 39.8. The second-order valence-corrected chi connectivity index (χ2v) is 7.07. The molecule has 2 fully saturated rings. The van der Waals surface area contributed by atoms with Crippen LogP contribution >= 0.6 is 0 Å². The Labute approximate surface area is 174 Å². The number of halogens is 3. The van der Waals surface area contributed by atoms with Gasteiger partial charge in [0.05, 0.1) is 12.7 Å².